The summed E-state index contributed by atoms with van der Waals surface area (Å²) in [5, 5.41) is 0. The Labute approximate surface area is 55.1 Å². The molecule has 0 aromatic rings. The highest BCUT2D eigenvalue weighted by Gasteiger charge is 1.40. The zero-order valence-corrected chi connectivity index (χ0v) is 5.84. The van der Waals surface area contributed by atoms with Crippen LogP contribution in [0.25, 0.3) is 0 Å². The van der Waals surface area contributed by atoms with Gasteiger partial charge in [-0.05, 0) is 0 Å². The molecule has 2 heteroatoms. The predicted molar refractivity (Wildman–Crippen MR) is 36.5 cm³/mol. The first kappa shape index (κ1) is 10.3. The Morgan fingerprint density at radius 3 is 1.57 bits per heavy atom. The van der Waals surface area contributed by atoms with Crippen molar-refractivity contribution in [3.05, 3.63) is 18.0 Å². The van der Waals surface area contributed by atoms with E-state index in [2.05, 4.69) is 6.92 Å². The van der Waals surface area contributed by atoms with Gasteiger partial charge in [-0.2, -0.15) is 0 Å². The van der Waals surface area contributed by atoms with E-state index < -0.39 is 0 Å². The fourth-order valence-electron chi connectivity index (χ4n) is 0. The van der Waals surface area contributed by atoms with Crippen molar-refractivity contribution >= 4 is 23.2 Å². The van der Waals surface area contributed by atoms with Crippen LogP contribution in [-0.4, -0.2) is 0 Å². The maximum Gasteiger partial charge on any atom is 0.0156 e. The Kier molecular flexibility index (Phi) is 23.9. The largest absolute Gasteiger partial charge is 0.0920 e. The molecule has 0 aliphatic heterocycles. The fourth-order valence-corrected chi connectivity index (χ4v) is 0. The van der Waals surface area contributed by atoms with Crippen molar-refractivity contribution < 1.29 is 0 Å². The van der Waals surface area contributed by atoms with Crippen LogP contribution in [0.1, 0.15) is 13.3 Å². The van der Waals surface area contributed by atoms with Crippen molar-refractivity contribution in [1.29, 1.82) is 0 Å². The highest BCUT2D eigenvalue weighted by molar-refractivity contribution is 6.33. The van der Waals surface area contributed by atoms with Crippen molar-refractivity contribution in [3.63, 3.8) is 0 Å². The number of hydrogen-bond donors (Lipinski definition) is 0. The molecule has 0 aliphatic carbocycles. The van der Waals surface area contributed by atoms with E-state index in [0.717, 1.165) is 6.42 Å². The lowest BCUT2D eigenvalue weighted by Crippen LogP contribution is -1.29. The van der Waals surface area contributed by atoms with Gasteiger partial charge < -0.3 is 0 Å². The molecular weight excluding hydrogens is 131 g/mol. The molecule has 0 aromatic carbocycles. The minimum absolute atomic E-state index is 1.00. The van der Waals surface area contributed by atoms with Gasteiger partial charge in [0, 0.05) is 11.1 Å². The van der Waals surface area contributed by atoms with Crippen LogP contribution >= 0.6 is 23.2 Å². The van der Waals surface area contributed by atoms with Crippen LogP contribution in [0.5, 0.6) is 0 Å². The molecule has 0 nitrogen and oxygen atoms in total. The van der Waals surface area contributed by atoms with Crippen LogP contribution in [-0.2, 0) is 0 Å². The van der Waals surface area contributed by atoms with Crippen molar-refractivity contribution in [2.75, 3.05) is 0 Å². The van der Waals surface area contributed by atoms with E-state index in [0.29, 0.717) is 0 Å². The minimum Gasteiger partial charge on any atom is -0.0920 e. The molecule has 0 aromatic heterocycles. The first-order valence-corrected chi connectivity index (χ1v) is 2.85. The highest BCUT2D eigenvalue weighted by Crippen LogP contribution is 1.78. The smallest absolute Gasteiger partial charge is 0.0156 e. The molecule has 7 heavy (non-hydrogen) atoms. The van der Waals surface area contributed by atoms with Gasteiger partial charge in [-0.1, -0.05) is 43.5 Å². The lowest BCUT2D eigenvalue weighted by molar-refractivity contribution is 1.23. The van der Waals surface area contributed by atoms with E-state index in [1.165, 1.54) is 11.1 Å². The minimum atomic E-state index is 1.00. The van der Waals surface area contributed by atoms with Crippen molar-refractivity contribution in [1.82, 2.24) is 0 Å². The molecule has 0 saturated heterocycles. The molecule has 0 unspecified atom stereocenters. The summed E-state index contributed by atoms with van der Waals surface area (Å²) in [6, 6.07) is 0. The van der Waals surface area contributed by atoms with Gasteiger partial charge >= 0.3 is 0 Å². The maximum absolute atomic E-state index is 4.87. The van der Waals surface area contributed by atoms with E-state index in [9.17, 15) is 0 Å². The topological polar surface area (TPSA) is 0 Å². The van der Waals surface area contributed by atoms with Gasteiger partial charge in [0.05, 0.1) is 0 Å². The third-order valence-electron chi connectivity index (χ3n) is 0.0476. The summed E-state index contributed by atoms with van der Waals surface area (Å²) >= 11 is 9.75. The van der Waals surface area contributed by atoms with E-state index in [1.807, 2.05) is 6.92 Å². The molecule has 1 radical (unpaired) electrons. The Hall–Kier alpha value is 0.320. The van der Waals surface area contributed by atoms with Gasteiger partial charge in [0.15, 0.2) is 0 Å². The average Bonchev–Trinajstić information content (AvgIpc) is 1.69. The van der Waals surface area contributed by atoms with Crippen molar-refractivity contribution in [2.45, 2.75) is 13.3 Å². The predicted octanol–water partition coefficient (Wildman–Crippen LogP) is 3.17. The van der Waals surface area contributed by atoms with E-state index in [1.54, 1.807) is 0 Å². The summed E-state index contributed by atoms with van der Waals surface area (Å²) in [4.78, 5) is 0. The molecule has 0 fully saturated rings. The summed E-state index contributed by atoms with van der Waals surface area (Å²) in [6.07, 6.45) is 1.00. The van der Waals surface area contributed by atoms with E-state index in [4.69, 9.17) is 23.2 Å². The molecule has 0 amide bonds. The highest BCUT2D eigenvalue weighted by atomic mass is 35.5. The zero-order chi connectivity index (χ0) is 6.12. The zero-order valence-electron chi connectivity index (χ0n) is 4.32. The van der Waals surface area contributed by atoms with Gasteiger partial charge in [0.1, 0.15) is 0 Å². The molecule has 43 valence electrons. The Bertz CT molecular complexity index is 29.1. The summed E-state index contributed by atoms with van der Waals surface area (Å²) in [5.74, 6) is 0. The second kappa shape index (κ2) is 16.2. The van der Waals surface area contributed by atoms with Gasteiger partial charge in [-0.3, -0.25) is 0 Å². The fraction of sp³-hybridized carbons (Fsp3) is 0.400. The average molecular weight is 140 g/mol. The Morgan fingerprint density at radius 1 is 1.43 bits per heavy atom. The summed E-state index contributed by atoms with van der Waals surface area (Å²) in [5.41, 5.74) is 2.48. The summed E-state index contributed by atoms with van der Waals surface area (Å²) in [7, 11) is 0. The maximum atomic E-state index is 4.87. The SMILES string of the molecule is ClC=CCl.[CH2]CC. The Morgan fingerprint density at radius 2 is 1.57 bits per heavy atom. The van der Waals surface area contributed by atoms with Crippen molar-refractivity contribution in [2.24, 2.45) is 0 Å². The van der Waals surface area contributed by atoms with Crippen LogP contribution in [0.4, 0.5) is 0 Å². The normalized spacial score (nSPS) is 8.00. The Balaban J connectivity index is 0. The van der Waals surface area contributed by atoms with Crippen LogP contribution in [0.3, 0.4) is 0 Å². The van der Waals surface area contributed by atoms with Gasteiger partial charge in [0.2, 0.25) is 0 Å². The first-order valence-electron chi connectivity index (χ1n) is 1.98. The van der Waals surface area contributed by atoms with Crippen LogP contribution in [0, 0.1) is 6.92 Å². The van der Waals surface area contributed by atoms with Crippen LogP contribution in [0.2, 0.25) is 0 Å². The molecule has 0 atom stereocenters. The molecule has 0 aliphatic rings. The summed E-state index contributed by atoms with van der Waals surface area (Å²) in [6.45, 7) is 5.50. The molecule has 0 saturated carbocycles. The molecule has 0 rings (SSSR count). The van der Waals surface area contributed by atoms with Gasteiger partial charge in [-0.15, -0.1) is 0 Å². The second-order valence-electron chi connectivity index (χ2n) is 0.752. The van der Waals surface area contributed by atoms with Crippen molar-refractivity contribution in [3.8, 4) is 0 Å². The summed E-state index contributed by atoms with van der Waals surface area (Å²) < 4.78 is 0. The van der Waals surface area contributed by atoms with Crippen LogP contribution < -0.4 is 0 Å². The third kappa shape index (κ3) is 67.7. The number of hydrogen-bond acceptors (Lipinski definition) is 0. The second-order valence-corrected chi connectivity index (χ2v) is 1.26. The van der Waals surface area contributed by atoms with Gasteiger partial charge in [-0.25, -0.2) is 0 Å². The quantitative estimate of drug-likeness (QED) is 0.484. The molecule has 0 N–H and O–H groups in total. The van der Waals surface area contributed by atoms with E-state index >= 15 is 0 Å². The first-order chi connectivity index (χ1) is 3.33. The lowest BCUT2D eigenvalue weighted by atomic mass is 10.6. The third-order valence-corrected chi connectivity index (χ3v) is 0.429. The standard InChI is InChI=1S/C3H7.C2H2Cl2/c1-3-2;3-1-2-4/h1,3H2,2H3;1-2H. The molecular formula is C5H9Cl2. The lowest BCUT2D eigenvalue weighted by Gasteiger charge is -1.47. The molecule has 0 spiro atoms. The van der Waals surface area contributed by atoms with E-state index in [-0.39, 0.29) is 0 Å². The molecule has 0 heterocycles. The van der Waals surface area contributed by atoms with Crippen LogP contribution in [0.15, 0.2) is 11.1 Å². The number of halogens is 2. The number of rotatable bonds is 0. The monoisotopic (exact) mass is 139 g/mol. The molecule has 0 bridgehead atoms. The van der Waals surface area contributed by atoms with Gasteiger partial charge in [0.25, 0.3) is 0 Å².